The normalized spacial score (nSPS) is 17.4. The molecule has 3 N–H and O–H groups in total. The summed E-state index contributed by atoms with van der Waals surface area (Å²) >= 11 is 3.13. The molecule has 0 saturated heterocycles. The highest BCUT2D eigenvalue weighted by Gasteiger charge is 2.28. The summed E-state index contributed by atoms with van der Waals surface area (Å²) in [7, 11) is 0. The van der Waals surface area contributed by atoms with Gasteiger partial charge in [0.05, 0.1) is 16.1 Å². The van der Waals surface area contributed by atoms with Crippen LogP contribution in [0.1, 0.15) is 11.6 Å². The van der Waals surface area contributed by atoms with Crippen LogP contribution in [0.2, 0.25) is 0 Å². The minimum absolute atomic E-state index is 0.212. The number of benzene rings is 1. The van der Waals surface area contributed by atoms with Crippen molar-refractivity contribution >= 4 is 27.7 Å². The van der Waals surface area contributed by atoms with E-state index in [2.05, 4.69) is 37.4 Å². The highest BCUT2D eigenvalue weighted by atomic mass is 79.9. The molecule has 1 atom stereocenters. The van der Waals surface area contributed by atoms with E-state index in [-0.39, 0.29) is 11.6 Å². The number of nitriles is 1. The van der Waals surface area contributed by atoms with Crippen molar-refractivity contribution in [2.45, 2.75) is 6.04 Å². The average molecular weight is 335 g/mol. The number of nitrogens with two attached hydrogens (primary N) is 1. The van der Waals surface area contributed by atoms with Gasteiger partial charge in [0.2, 0.25) is 5.95 Å². The number of anilines is 1. The zero-order valence-corrected chi connectivity index (χ0v) is 11.6. The van der Waals surface area contributed by atoms with E-state index in [4.69, 9.17) is 5.73 Å². The van der Waals surface area contributed by atoms with E-state index in [0.717, 1.165) is 0 Å². The van der Waals surface area contributed by atoms with E-state index in [1.54, 1.807) is 12.1 Å². The van der Waals surface area contributed by atoms with Gasteiger partial charge >= 0.3 is 0 Å². The van der Waals surface area contributed by atoms with Crippen LogP contribution >= 0.6 is 15.9 Å². The molecular formula is C12H8BrFN6. The van der Waals surface area contributed by atoms with E-state index in [9.17, 15) is 9.65 Å². The first kappa shape index (κ1) is 12.6. The smallest absolute Gasteiger partial charge is 0.228 e. The molecular weight excluding hydrogens is 327 g/mol. The van der Waals surface area contributed by atoms with Crippen molar-refractivity contribution in [3.8, 4) is 6.07 Å². The van der Waals surface area contributed by atoms with Crippen molar-refractivity contribution in [2.24, 2.45) is 5.73 Å². The fourth-order valence-electron chi connectivity index (χ4n) is 2.04. The molecule has 0 fully saturated rings. The summed E-state index contributed by atoms with van der Waals surface area (Å²) in [6, 6.07) is 6.09. The molecule has 1 aromatic carbocycles. The van der Waals surface area contributed by atoms with Crippen molar-refractivity contribution in [3.05, 3.63) is 46.0 Å². The fraction of sp³-hybridized carbons (Fsp3) is 0.0833. The number of fused-ring (bicyclic) bond motifs is 1. The lowest BCUT2D eigenvalue weighted by atomic mass is 9.98. The number of hydrogen-bond acceptors (Lipinski definition) is 5. The molecule has 0 saturated carbocycles. The van der Waals surface area contributed by atoms with E-state index >= 15 is 0 Å². The van der Waals surface area contributed by atoms with E-state index in [1.165, 1.54) is 17.1 Å². The van der Waals surface area contributed by atoms with Gasteiger partial charge in [0, 0.05) is 0 Å². The number of hydrogen-bond donors (Lipinski definition) is 2. The molecule has 20 heavy (non-hydrogen) atoms. The standard InChI is InChI=1S/C12H8BrFN6/c13-8-3-6(1-2-9(8)14)10-7(4-15)11(16)20-12(19-10)17-5-18-20/h1-3,5,10H,16H2,(H,17,18,19)/t10-/m0/s1. The number of rotatable bonds is 1. The fourth-order valence-corrected chi connectivity index (χ4v) is 2.44. The highest BCUT2D eigenvalue weighted by molar-refractivity contribution is 9.10. The maximum atomic E-state index is 13.3. The van der Waals surface area contributed by atoms with Gasteiger partial charge in [-0.2, -0.15) is 20.0 Å². The Morgan fingerprint density at radius 3 is 3.00 bits per heavy atom. The Morgan fingerprint density at radius 1 is 1.50 bits per heavy atom. The Kier molecular flexibility index (Phi) is 2.91. The molecule has 100 valence electrons. The molecule has 0 unspecified atom stereocenters. The molecule has 0 aliphatic carbocycles. The van der Waals surface area contributed by atoms with E-state index in [1.807, 2.05) is 0 Å². The molecule has 2 heterocycles. The van der Waals surface area contributed by atoms with Gasteiger partial charge in [0.1, 0.15) is 24.0 Å². The number of nitrogens with one attached hydrogen (secondary N) is 1. The first-order chi connectivity index (χ1) is 9.61. The van der Waals surface area contributed by atoms with Crippen molar-refractivity contribution in [2.75, 3.05) is 5.32 Å². The SMILES string of the molecule is N#CC1=C(N)n2ncnc2N[C@H]1c1ccc(F)c(Br)c1. The van der Waals surface area contributed by atoms with Crippen molar-refractivity contribution < 1.29 is 4.39 Å². The number of nitrogens with zero attached hydrogens (tertiary/aromatic N) is 4. The summed E-state index contributed by atoms with van der Waals surface area (Å²) in [5.41, 5.74) is 6.94. The maximum Gasteiger partial charge on any atom is 0.228 e. The molecule has 2 aromatic rings. The molecule has 0 radical (unpaired) electrons. The van der Waals surface area contributed by atoms with Gasteiger partial charge in [-0.1, -0.05) is 6.07 Å². The molecule has 0 spiro atoms. The Bertz CT molecular complexity index is 760. The second kappa shape index (κ2) is 4.61. The highest BCUT2D eigenvalue weighted by Crippen LogP contribution is 2.33. The summed E-state index contributed by atoms with van der Waals surface area (Å²) in [6.45, 7) is 0. The summed E-state index contributed by atoms with van der Waals surface area (Å²) in [4.78, 5) is 4.02. The third kappa shape index (κ3) is 1.83. The van der Waals surface area contributed by atoms with Crippen LogP contribution in [0.15, 0.2) is 34.6 Å². The Morgan fingerprint density at radius 2 is 2.30 bits per heavy atom. The molecule has 1 aliphatic rings. The van der Waals surface area contributed by atoms with Crippen LogP contribution in [-0.4, -0.2) is 14.8 Å². The molecule has 0 bridgehead atoms. The predicted molar refractivity (Wildman–Crippen MR) is 73.5 cm³/mol. The molecule has 6 nitrogen and oxygen atoms in total. The monoisotopic (exact) mass is 334 g/mol. The van der Waals surface area contributed by atoms with Crippen LogP contribution in [0.5, 0.6) is 0 Å². The van der Waals surface area contributed by atoms with Crippen LogP contribution in [-0.2, 0) is 0 Å². The van der Waals surface area contributed by atoms with Crippen molar-refractivity contribution in [1.29, 1.82) is 5.26 Å². The van der Waals surface area contributed by atoms with Crippen LogP contribution in [0.25, 0.3) is 5.82 Å². The van der Waals surface area contributed by atoms with Gasteiger partial charge < -0.3 is 11.1 Å². The second-order valence-electron chi connectivity index (χ2n) is 4.16. The van der Waals surface area contributed by atoms with Gasteiger partial charge in [-0.15, -0.1) is 0 Å². The third-order valence-corrected chi connectivity index (χ3v) is 3.62. The summed E-state index contributed by atoms with van der Waals surface area (Å²) in [5.74, 6) is 0.277. The lowest BCUT2D eigenvalue weighted by Crippen LogP contribution is -2.27. The first-order valence-electron chi connectivity index (χ1n) is 5.63. The van der Waals surface area contributed by atoms with Gasteiger partial charge in [-0.05, 0) is 33.6 Å². The zero-order valence-electron chi connectivity index (χ0n) is 10.0. The third-order valence-electron chi connectivity index (χ3n) is 3.01. The molecule has 1 aliphatic heterocycles. The van der Waals surface area contributed by atoms with Crippen LogP contribution < -0.4 is 11.1 Å². The molecule has 1 aromatic heterocycles. The minimum atomic E-state index is -0.492. The lowest BCUT2D eigenvalue weighted by Gasteiger charge is -2.25. The van der Waals surface area contributed by atoms with E-state index in [0.29, 0.717) is 21.6 Å². The number of aromatic nitrogens is 3. The largest absolute Gasteiger partial charge is 0.383 e. The van der Waals surface area contributed by atoms with E-state index < -0.39 is 6.04 Å². The van der Waals surface area contributed by atoms with Crippen LogP contribution in [0, 0.1) is 17.1 Å². The van der Waals surface area contributed by atoms with Gasteiger partial charge in [0.15, 0.2) is 0 Å². The van der Waals surface area contributed by atoms with Crippen LogP contribution in [0.3, 0.4) is 0 Å². The quantitative estimate of drug-likeness (QED) is 0.831. The first-order valence-corrected chi connectivity index (χ1v) is 6.42. The summed E-state index contributed by atoms with van der Waals surface area (Å²) in [6.07, 6.45) is 1.34. The number of halogens is 2. The summed E-state index contributed by atoms with van der Waals surface area (Å²) < 4.78 is 15.0. The van der Waals surface area contributed by atoms with Gasteiger partial charge in [-0.3, -0.25) is 0 Å². The van der Waals surface area contributed by atoms with Crippen molar-refractivity contribution in [1.82, 2.24) is 14.8 Å². The predicted octanol–water partition coefficient (Wildman–Crippen LogP) is 2.00. The summed E-state index contributed by atoms with van der Waals surface area (Å²) in [5, 5.41) is 16.3. The molecule has 8 heteroatoms. The molecule has 0 amide bonds. The average Bonchev–Trinajstić information content (AvgIpc) is 2.90. The maximum absolute atomic E-state index is 13.3. The van der Waals surface area contributed by atoms with Gasteiger partial charge in [0.25, 0.3) is 0 Å². The second-order valence-corrected chi connectivity index (χ2v) is 5.01. The Labute approximate surface area is 121 Å². The Hall–Kier alpha value is -2.40. The molecule has 3 rings (SSSR count). The Balaban J connectivity index is 2.13. The van der Waals surface area contributed by atoms with Crippen molar-refractivity contribution in [3.63, 3.8) is 0 Å². The zero-order chi connectivity index (χ0) is 14.3. The lowest BCUT2D eigenvalue weighted by molar-refractivity contribution is 0.619. The van der Waals surface area contributed by atoms with Crippen LogP contribution in [0.4, 0.5) is 10.3 Å². The topological polar surface area (TPSA) is 92.5 Å². The minimum Gasteiger partial charge on any atom is -0.383 e. The van der Waals surface area contributed by atoms with Gasteiger partial charge in [-0.25, -0.2) is 4.39 Å².